The Labute approximate surface area is 267 Å². The fourth-order valence-corrected chi connectivity index (χ4v) is 6.57. The number of fused-ring (bicyclic) bond motifs is 2. The molecule has 0 fully saturated rings. The molecule has 0 saturated carbocycles. The van der Waals surface area contributed by atoms with Crippen LogP contribution in [-0.4, -0.2) is 53.1 Å². The van der Waals surface area contributed by atoms with E-state index in [0.717, 1.165) is 30.3 Å². The summed E-state index contributed by atoms with van der Waals surface area (Å²) < 4.78 is 112. The highest BCUT2D eigenvalue weighted by Gasteiger charge is 2.21. The first-order valence-corrected chi connectivity index (χ1v) is 17.2. The molecule has 0 aliphatic heterocycles. The van der Waals surface area contributed by atoms with Gasteiger partial charge in [0, 0.05) is 33.7 Å². The van der Waals surface area contributed by atoms with Gasteiger partial charge >= 0.3 is 0 Å². The second kappa shape index (κ2) is 12.3. The summed E-state index contributed by atoms with van der Waals surface area (Å²) >= 11 is 0. The minimum Gasteiger partial charge on any atom is -0.495 e. The van der Waals surface area contributed by atoms with Crippen LogP contribution in [0, 0.1) is 0 Å². The smallest absolute Gasteiger partial charge is 0.295 e. The number of benzene rings is 5. The number of ether oxygens (including phenoxy) is 2. The molecule has 16 nitrogen and oxygen atoms in total. The predicted octanol–water partition coefficient (Wildman–Crippen LogP) is 6.16. The van der Waals surface area contributed by atoms with Gasteiger partial charge in [0.15, 0.2) is 0 Å². The van der Waals surface area contributed by atoms with Crippen LogP contribution < -0.4 is 15.2 Å². The van der Waals surface area contributed by atoms with Crippen LogP contribution in [0.25, 0.3) is 21.5 Å². The number of nitrogens with two attached hydrogens (primary N) is 1. The van der Waals surface area contributed by atoms with Crippen molar-refractivity contribution in [1.82, 2.24) is 0 Å². The number of azo groups is 2. The van der Waals surface area contributed by atoms with E-state index < -0.39 is 45.0 Å². The molecule has 0 aromatic heterocycles. The molecular weight excluding hydrogens is 679 g/mol. The molecule has 0 amide bonds. The van der Waals surface area contributed by atoms with Crippen LogP contribution >= 0.6 is 0 Å². The Morgan fingerprint density at radius 3 is 1.79 bits per heavy atom. The predicted molar refractivity (Wildman–Crippen MR) is 170 cm³/mol. The van der Waals surface area contributed by atoms with E-state index in [4.69, 9.17) is 15.2 Å². The first kappa shape index (κ1) is 33.3. The van der Waals surface area contributed by atoms with Crippen LogP contribution in [0.15, 0.2) is 108 Å². The van der Waals surface area contributed by atoms with Crippen LogP contribution in [0.5, 0.6) is 11.5 Å². The minimum atomic E-state index is -4.90. The summed E-state index contributed by atoms with van der Waals surface area (Å²) in [6.07, 6.45) is 0. The Kier molecular flexibility index (Phi) is 8.71. The van der Waals surface area contributed by atoms with Gasteiger partial charge < -0.3 is 15.2 Å². The quantitative estimate of drug-likeness (QED) is 0.0765. The van der Waals surface area contributed by atoms with Crippen LogP contribution in [0.2, 0.25) is 0 Å². The molecule has 47 heavy (non-hydrogen) atoms. The summed E-state index contributed by atoms with van der Waals surface area (Å²) in [7, 11) is -11.6. The van der Waals surface area contributed by atoms with Gasteiger partial charge in [0.05, 0.1) is 41.9 Å². The fourth-order valence-electron chi connectivity index (χ4n) is 4.64. The molecule has 19 heteroatoms. The zero-order valence-corrected chi connectivity index (χ0v) is 26.6. The van der Waals surface area contributed by atoms with Crippen molar-refractivity contribution < 1.29 is 48.4 Å². The standard InChI is InChI=1S/C28H23N5O11S3/c1-43-25-14-24(26(44-2)13-21(25)29)33-32-23-9-8-22(17-7-6-16(12-19(17)23)45(34,35)36)31-30-15-10-20-18(28(11-15)47(40,41)42)4-3-5-27(20)46(37,38)39/h3-14H,29H2,1-2H3,(H,34,35,36)(H,37,38,39)(H,40,41,42). The number of methoxy groups -OCH3 is 2. The molecular formula is C28H23N5O11S3. The molecule has 0 radical (unpaired) electrons. The van der Waals surface area contributed by atoms with Gasteiger partial charge in [-0.2, -0.15) is 30.4 Å². The second-order valence-corrected chi connectivity index (χ2v) is 13.9. The molecule has 5 aromatic rings. The molecule has 0 bridgehead atoms. The maximum atomic E-state index is 12.2. The molecule has 5 N–H and O–H groups in total. The van der Waals surface area contributed by atoms with Gasteiger partial charge in [0.25, 0.3) is 30.4 Å². The van der Waals surface area contributed by atoms with E-state index in [0.29, 0.717) is 5.75 Å². The molecule has 5 rings (SSSR count). The van der Waals surface area contributed by atoms with E-state index in [-0.39, 0.29) is 55.7 Å². The number of hydrogen-bond acceptors (Lipinski definition) is 13. The van der Waals surface area contributed by atoms with E-state index >= 15 is 0 Å². The molecule has 0 atom stereocenters. The highest BCUT2D eigenvalue weighted by molar-refractivity contribution is 7.86. The van der Waals surface area contributed by atoms with E-state index in [1.165, 1.54) is 56.7 Å². The summed E-state index contributed by atoms with van der Waals surface area (Å²) in [6.45, 7) is 0. The molecule has 0 aliphatic carbocycles. The monoisotopic (exact) mass is 701 g/mol. The van der Waals surface area contributed by atoms with Gasteiger partial charge in [-0.3, -0.25) is 13.7 Å². The molecule has 0 unspecified atom stereocenters. The number of nitrogen functional groups attached to an aromatic ring is 1. The van der Waals surface area contributed by atoms with Crippen molar-refractivity contribution in [2.45, 2.75) is 14.7 Å². The van der Waals surface area contributed by atoms with Crippen molar-refractivity contribution in [3.05, 3.63) is 72.8 Å². The number of nitrogens with zero attached hydrogens (tertiary/aromatic N) is 4. The average Bonchev–Trinajstić information content (AvgIpc) is 3.00. The Morgan fingerprint density at radius 2 is 1.17 bits per heavy atom. The van der Waals surface area contributed by atoms with E-state index in [1.807, 2.05) is 0 Å². The first-order chi connectivity index (χ1) is 22.0. The van der Waals surface area contributed by atoms with Crippen LogP contribution in [0.1, 0.15) is 0 Å². The lowest BCUT2D eigenvalue weighted by molar-refractivity contribution is 0.406. The Balaban J connectivity index is 1.68. The van der Waals surface area contributed by atoms with Crippen molar-refractivity contribution in [2.75, 3.05) is 20.0 Å². The zero-order valence-electron chi connectivity index (χ0n) is 24.1. The lowest BCUT2D eigenvalue weighted by Gasteiger charge is -2.10. The summed E-state index contributed by atoms with van der Waals surface area (Å²) in [6, 6.07) is 14.9. The topological polar surface area (TPSA) is 257 Å². The number of rotatable bonds is 9. The van der Waals surface area contributed by atoms with E-state index in [9.17, 15) is 38.9 Å². The number of hydrogen-bond donors (Lipinski definition) is 4. The van der Waals surface area contributed by atoms with Gasteiger partial charge in [-0.25, -0.2) is 0 Å². The molecule has 0 spiro atoms. The Hall–Kier alpha value is -5.05. The highest BCUT2D eigenvalue weighted by Crippen LogP contribution is 2.40. The van der Waals surface area contributed by atoms with Gasteiger partial charge in [-0.05, 0) is 42.5 Å². The summed E-state index contributed by atoms with van der Waals surface area (Å²) in [4.78, 5) is -1.79. The molecule has 0 heterocycles. The highest BCUT2D eigenvalue weighted by atomic mass is 32.2. The van der Waals surface area contributed by atoms with Crippen molar-refractivity contribution in [3.8, 4) is 11.5 Å². The Morgan fingerprint density at radius 1 is 0.553 bits per heavy atom. The molecule has 0 aliphatic rings. The van der Waals surface area contributed by atoms with E-state index in [1.54, 1.807) is 0 Å². The third-order valence-corrected chi connectivity index (χ3v) is 9.42. The van der Waals surface area contributed by atoms with Crippen molar-refractivity contribution >= 4 is 80.3 Å². The largest absolute Gasteiger partial charge is 0.495 e. The SMILES string of the molecule is COc1cc(N=Nc2ccc(N=Nc3cc(S(=O)(=O)O)c4cccc(S(=O)(=O)O)c4c3)c3ccc(S(=O)(=O)O)cc23)c(OC)cc1N. The van der Waals surface area contributed by atoms with Gasteiger partial charge in [0.2, 0.25) is 0 Å². The third kappa shape index (κ3) is 6.89. The Bertz CT molecular complexity index is 2480. The lowest BCUT2D eigenvalue weighted by Crippen LogP contribution is -2.03. The van der Waals surface area contributed by atoms with Crippen LogP contribution in [0.4, 0.5) is 28.4 Å². The second-order valence-electron chi connectivity index (χ2n) is 9.70. The molecule has 5 aromatic carbocycles. The summed E-state index contributed by atoms with van der Waals surface area (Å²) in [5.74, 6) is 0.556. The van der Waals surface area contributed by atoms with Gasteiger partial charge in [-0.15, -0.1) is 15.3 Å². The zero-order chi connectivity index (χ0) is 34.3. The number of anilines is 1. The third-order valence-electron chi connectivity index (χ3n) is 6.77. The molecule has 0 saturated heterocycles. The minimum absolute atomic E-state index is 0.101. The lowest BCUT2D eigenvalue weighted by atomic mass is 10.1. The fraction of sp³-hybridized carbons (Fsp3) is 0.0714. The summed E-state index contributed by atoms with van der Waals surface area (Å²) in [5.41, 5.74) is 6.43. The van der Waals surface area contributed by atoms with Crippen LogP contribution in [0.3, 0.4) is 0 Å². The summed E-state index contributed by atoms with van der Waals surface area (Å²) in [5, 5.41) is 16.5. The van der Waals surface area contributed by atoms with Crippen molar-refractivity contribution in [3.63, 3.8) is 0 Å². The normalized spacial score (nSPS) is 12.8. The first-order valence-electron chi connectivity index (χ1n) is 12.9. The van der Waals surface area contributed by atoms with Gasteiger partial charge in [-0.1, -0.05) is 18.2 Å². The van der Waals surface area contributed by atoms with Gasteiger partial charge in [0.1, 0.15) is 27.0 Å². The van der Waals surface area contributed by atoms with Crippen LogP contribution in [-0.2, 0) is 30.4 Å². The van der Waals surface area contributed by atoms with Crippen molar-refractivity contribution in [1.29, 1.82) is 0 Å². The average molecular weight is 702 g/mol. The molecule has 244 valence electrons. The maximum Gasteiger partial charge on any atom is 0.295 e. The van der Waals surface area contributed by atoms with Crippen molar-refractivity contribution in [2.24, 2.45) is 20.5 Å². The maximum absolute atomic E-state index is 12.2. The van der Waals surface area contributed by atoms with E-state index in [2.05, 4.69) is 20.5 Å².